The van der Waals surface area contributed by atoms with E-state index in [1.54, 1.807) is 19.1 Å². The highest BCUT2D eigenvalue weighted by molar-refractivity contribution is 7.89. The van der Waals surface area contributed by atoms with E-state index in [2.05, 4.69) is 4.98 Å². The second-order valence-electron chi connectivity index (χ2n) is 7.45. The lowest BCUT2D eigenvalue weighted by Gasteiger charge is -2.33. The fourth-order valence-corrected chi connectivity index (χ4v) is 5.46. The van der Waals surface area contributed by atoms with Crippen LogP contribution in [0.3, 0.4) is 0 Å². The van der Waals surface area contributed by atoms with Gasteiger partial charge in [0.2, 0.25) is 10.0 Å². The van der Waals surface area contributed by atoms with Crippen LogP contribution in [0.4, 0.5) is 0 Å². The minimum Gasteiger partial charge on any atom is -0.355 e. The quantitative estimate of drug-likeness (QED) is 0.653. The van der Waals surface area contributed by atoms with Crippen molar-refractivity contribution in [3.05, 3.63) is 51.8 Å². The van der Waals surface area contributed by atoms with Crippen molar-refractivity contribution >= 4 is 33.2 Å². The van der Waals surface area contributed by atoms with E-state index >= 15 is 0 Å². The number of Topliss-reactive ketones (excluding diaryl/α,β-unsaturated/α-hetero) is 2. The summed E-state index contributed by atoms with van der Waals surface area (Å²) in [5.74, 6) is -0.142. The average molecular weight is 452 g/mol. The van der Waals surface area contributed by atoms with Crippen molar-refractivity contribution in [2.45, 2.75) is 32.1 Å². The average Bonchev–Trinajstić information content (AvgIpc) is 3.05. The Morgan fingerprint density at radius 1 is 1.10 bits per heavy atom. The first-order chi connectivity index (χ1) is 14.1. The standard InChI is InChI=1S/C21H26ClN3O4S/c1-4-18-20(15(3)26)14(2)23-21(18)19(27)13-24-9-11-25(12-10-24)30(28,29)17-7-5-16(22)6-8-17/h5-8,23H,4,9-13H2,1-3H3. The third kappa shape index (κ3) is 4.51. The number of aromatic nitrogens is 1. The van der Waals surface area contributed by atoms with Crippen LogP contribution in [0, 0.1) is 6.92 Å². The number of sulfonamides is 1. The Morgan fingerprint density at radius 2 is 1.70 bits per heavy atom. The van der Waals surface area contributed by atoms with Crippen LogP contribution in [0.25, 0.3) is 0 Å². The Balaban J connectivity index is 1.66. The Bertz CT molecular complexity index is 1050. The molecule has 1 aliphatic heterocycles. The zero-order valence-corrected chi connectivity index (χ0v) is 18.9. The molecule has 1 N–H and O–H groups in total. The molecule has 7 nitrogen and oxygen atoms in total. The van der Waals surface area contributed by atoms with Gasteiger partial charge in [-0.05, 0) is 50.1 Å². The van der Waals surface area contributed by atoms with Gasteiger partial charge in [-0.2, -0.15) is 4.31 Å². The number of aromatic amines is 1. The lowest BCUT2D eigenvalue weighted by Crippen LogP contribution is -2.49. The van der Waals surface area contributed by atoms with Gasteiger partial charge in [0.25, 0.3) is 0 Å². The van der Waals surface area contributed by atoms with Gasteiger partial charge in [0.15, 0.2) is 11.6 Å². The highest BCUT2D eigenvalue weighted by atomic mass is 35.5. The maximum absolute atomic E-state index is 12.9. The highest BCUT2D eigenvalue weighted by Crippen LogP contribution is 2.22. The Labute approximate surface area is 182 Å². The maximum Gasteiger partial charge on any atom is 0.243 e. The van der Waals surface area contributed by atoms with E-state index in [-0.39, 0.29) is 23.0 Å². The van der Waals surface area contributed by atoms with Gasteiger partial charge >= 0.3 is 0 Å². The van der Waals surface area contributed by atoms with Gasteiger partial charge < -0.3 is 4.98 Å². The van der Waals surface area contributed by atoms with Crippen LogP contribution in [-0.2, 0) is 16.4 Å². The number of carbonyl (C=O) groups is 2. The topological polar surface area (TPSA) is 90.6 Å². The number of aryl methyl sites for hydroxylation is 1. The van der Waals surface area contributed by atoms with E-state index in [9.17, 15) is 18.0 Å². The summed E-state index contributed by atoms with van der Waals surface area (Å²) in [6.07, 6.45) is 0.591. The smallest absolute Gasteiger partial charge is 0.243 e. The summed E-state index contributed by atoms with van der Waals surface area (Å²) in [4.78, 5) is 30.0. The normalized spacial score (nSPS) is 16.0. The molecule has 1 fully saturated rings. The van der Waals surface area contributed by atoms with Gasteiger partial charge in [-0.1, -0.05) is 18.5 Å². The van der Waals surface area contributed by atoms with E-state index in [0.717, 1.165) is 5.56 Å². The molecule has 0 atom stereocenters. The van der Waals surface area contributed by atoms with Crippen molar-refractivity contribution in [2.24, 2.45) is 0 Å². The largest absolute Gasteiger partial charge is 0.355 e. The molecule has 0 radical (unpaired) electrons. The summed E-state index contributed by atoms with van der Waals surface area (Å²) in [5.41, 5.74) is 2.55. The molecule has 0 spiro atoms. The second kappa shape index (κ2) is 9.01. The summed E-state index contributed by atoms with van der Waals surface area (Å²) in [6, 6.07) is 6.12. The molecule has 1 saturated heterocycles. The van der Waals surface area contributed by atoms with Gasteiger partial charge in [-0.15, -0.1) is 0 Å². The van der Waals surface area contributed by atoms with Gasteiger partial charge in [0.05, 0.1) is 17.1 Å². The number of hydrogen-bond donors (Lipinski definition) is 1. The summed E-state index contributed by atoms with van der Waals surface area (Å²) in [5, 5.41) is 0.483. The van der Waals surface area contributed by atoms with E-state index in [1.165, 1.54) is 23.4 Å². The Hall–Kier alpha value is -2.00. The van der Waals surface area contributed by atoms with Crippen molar-refractivity contribution in [1.82, 2.24) is 14.2 Å². The first-order valence-electron chi connectivity index (χ1n) is 9.88. The molecule has 0 amide bonds. The molecule has 9 heteroatoms. The number of nitrogens with zero attached hydrogens (tertiary/aromatic N) is 2. The third-order valence-corrected chi connectivity index (χ3v) is 7.59. The number of ketones is 2. The van der Waals surface area contributed by atoms with Crippen molar-refractivity contribution in [3.8, 4) is 0 Å². The van der Waals surface area contributed by atoms with Gasteiger partial charge in [-0.3, -0.25) is 14.5 Å². The predicted molar refractivity (Wildman–Crippen MR) is 116 cm³/mol. The molecule has 2 aromatic rings. The molecular formula is C21H26ClN3O4S. The molecule has 0 saturated carbocycles. The van der Waals surface area contributed by atoms with Gasteiger partial charge in [-0.25, -0.2) is 8.42 Å². The SMILES string of the molecule is CCc1c(C(=O)CN2CCN(S(=O)(=O)c3ccc(Cl)cc3)CC2)[nH]c(C)c1C(C)=O. The summed E-state index contributed by atoms with van der Waals surface area (Å²) in [6.45, 7) is 6.93. The zero-order valence-electron chi connectivity index (χ0n) is 17.4. The first-order valence-corrected chi connectivity index (χ1v) is 11.7. The van der Waals surface area contributed by atoms with Crippen molar-refractivity contribution < 1.29 is 18.0 Å². The van der Waals surface area contributed by atoms with Gasteiger partial charge in [0, 0.05) is 42.5 Å². The number of H-pyrrole nitrogens is 1. The third-order valence-electron chi connectivity index (χ3n) is 5.43. The number of piperazine rings is 1. The van der Waals surface area contributed by atoms with E-state index in [0.29, 0.717) is 54.6 Å². The fraction of sp³-hybridized carbons (Fsp3) is 0.429. The van der Waals surface area contributed by atoms with E-state index in [1.807, 2.05) is 11.8 Å². The molecule has 0 unspecified atom stereocenters. The second-order valence-corrected chi connectivity index (χ2v) is 9.82. The number of halogens is 1. The van der Waals surface area contributed by atoms with Crippen molar-refractivity contribution in [3.63, 3.8) is 0 Å². The van der Waals surface area contributed by atoms with Crippen LogP contribution in [0.1, 0.15) is 46.0 Å². The number of carbonyl (C=O) groups excluding carboxylic acids is 2. The van der Waals surface area contributed by atoms with Crippen LogP contribution in [-0.4, -0.2) is 66.9 Å². The molecule has 162 valence electrons. The molecule has 3 rings (SSSR count). The van der Waals surface area contributed by atoms with E-state index in [4.69, 9.17) is 11.6 Å². The zero-order chi connectivity index (χ0) is 22.1. The summed E-state index contributed by atoms with van der Waals surface area (Å²) >= 11 is 5.85. The van der Waals surface area contributed by atoms with Crippen molar-refractivity contribution in [1.29, 1.82) is 0 Å². The van der Waals surface area contributed by atoms with Crippen LogP contribution >= 0.6 is 11.6 Å². The number of hydrogen-bond acceptors (Lipinski definition) is 5. The Kier molecular flexibility index (Phi) is 6.81. The first kappa shape index (κ1) is 22.7. The van der Waals surface area contributed by atoms with E-state index < -0.39 is 10.0 Å². The summed E-state index contributed by atoms with van der Waals surface area (Å²) < 4.78 is 27.0. The lowest BCUT2D eigenvalue weighted by molar-refractivity contribution is 0.0896. The Morgan fingerprint density at radius 3 is 2.23 bits per heavy atom. The maximum atomic E-state index is 12.9. The molecule has 30 heavy (non-hydrogen) atoms. The van der Waals surface area contributed by atoms with Crippen LogP contribution in [0.5, 0.6) is 0 Å². The highest BCUT2D eigenvalue weighted by Gasteiger charge is 2.30. The molecule has 2 heterocycles. The van der Waals surface area contributed by atoms with Crippen LogP contribution in [0.15, 0.2) is 29.2 Å². The van der Waals surface area contributed by atoms with Crippen LogP contribution in [0.2, 0.25) is 5.02 Å². The minimum absolute atomic E-state index is 0.0549. The number of nitrogens with one attached hydrogen (secondary N) is 1. The van der Waals surface area contributed by atoms with Gasteiger partial charge in [0.1, 0.15) is 0 Å². The molecule has 0 aliphatic carbocycles. The molecular weight excluding hydrogens is 426 g/mol. The minimum atomic E-state index is -3.59. The molecule has 1 aromatic heterocycles. The number of benzene rings is 1. The number of rotatable bonds is 7. The molecule has 0 bridgehead atoms. The van der Waals surface area contributed by atoms with Crippen LogP contribution < -0.4 is 0 Å². The monoisotopic (exact) mass is 451 g/mol. The lowest BCUT2D eigenvalue weighted by atomic mass is 10.0. The molecule has 1 aliphatic rings. The predicted octanol–water partition coefficient (Wildman–Crippen LogP) is 2.93. The fourth-order valence-electron chi connectivity index (χ4n) is 3.91. The van der Waals surface area contributed by atoms with Crippen molar-refractivity contribution in [2.75, 3.05) is 32.7 Å². The summed E-state index contributed by atoms with van der Waals surface area (Å²) in [7, 11) is -3.59. The molecule has 1 aromatic carbocycles.